The van der Waals surface area contributed by atoms with Crippen molar-refractivity contribution in [1.29, 1.82) is 0 Å². The van der Waals surface area contributed by atoms with Crippen molar-refractivity contribution in [1.82, 2.24) is 24.9 Å². The number of halogens is 1. The lowest BCUT2D eigenvalue weighted by Gasteiger charge is -2.07. The molecule has 19 heavy (non-hydrogen) atoms. The van der Waals surface area contributed by atoms with Crippen molar-refractivity contribution in [3.63, 3.8) is 0 Å². The summed E-state index contributed by atoms with van der Waals surface area (Å²) in [4.78, 5) is 0. The Morgan fingerprint density at radius 2 is 2.16 bits per heavy atom. The zero-order valence-electron chi connectivity index (χ0n) is 11.6. The number of nitrogens with zero attached hydrogens (tertiary/aromatic N) is 4. The Hall–Kier alpha value is -1.33. The fourth-order valence-electron chi connectivity index (χ4n) is 2.03. The molecule has 0 radical (unpaired) electrons. The predicted molar refractivity (Wildman–Crippen MR) is 76.3 cm³/mol. The van der Waals surface area contributed by atoms with Gasteiger partial charge in [0.2, 0.25) is 0 Å². The van der Waals surface area contributed by atoms with Gasteiger partial charge in [0, 0.05) is 25.8 Å². The first-order chi connectivity index (χ1) is 9.11. The molecule has 0 aliphatic rings. The quantitative estimate of drug-likeness (QED) is 0.826. The second kappa shape index (κ2) is 6.21. The standard InChI is InChI=1S/C13H20ClN5/c1-4-19-12(13(14)11(3)17-19)8-15-5-6-18-9-10(2)7-16-18/h7,9,15H,4-6,8H2,1-3H3. The van der Waals surface area contributed by atoms with E-state index in [4.69, 9.17) is 11.6 Å². The number of aryl methyl sites for hydroxylation is 3. The van der Waals surface area contributed by atoms with Crippen LogP contribution in [-0.4, -0.2) is 26.1 Å². The summed E-state index contributed by atoms with van der Waals surface area (Å²) in [6.07, 6.45) is 3.90. The highest BCUT2D eigenvalue weighted by Crippen LogP contribution is 2.19. The first-order valence-electron chi connectivity index (χ1n) is 6.53. The van der Waals surface area contributed by atoms with Gasteiger partial charge in [0.05, 0.1) is 29.2 Å². The summed E-state index contributed by atoms with van der Waals surface area (Å²) in [5.41, 5.74) is 3.13. The van der Waals surface area contributed by atoms with Gasteiger partial charge in [0.1, 0.15) is 0 Å². The Morgan fingerprint density at radius 1 is 1.37 bits per heavy atom. The van der Waals surface area contributed by atoms with Crippen LogP contribution < -0.4 is 5.32 Å². The van der Waals surface area contributed by atoms with Crippen molar-refractivity contribution in [2.24, 2.45) is 0 Å². The molecule has 0 aromatic carbocycles. The first kappa shape index (κ1) is 14.1. The average Bonchev–Trinajstić information content (AvgIpc) is 2.92. The van der Waals surface area contributed by atoms with E-state index in [-0.39, 0.29) is 0 Å². The van der Waals surface area contributed by atoms with E-state index < -0.39 is 0 Å². The SMILES string of the molecule is CCn1nc(C)c(Cl)c1CNCCn1cc(C)cn1. The third kappa shape index (κ3) is 3.36. The lowest BCUT2D eigenvalue weighted by atomic mass is 10.3. The number of hydrogen-bond acceptors (Lipinski definition) is 3. The van der Waals surface area contributed by atoms with Crippen molar-refractivity contribution in [3.05, 3.63) is 34.4 Å². The minimum Gasteiger partial charge on any atom is -0.309 e. The van der Waals surface area contributed by atoms with Crippen molar-refractivity contribution in [2.75, 3.05) is 6.54 Å². The Bertz CT molecular complexity index is 543. The van der Waals surface area contributed by atoms with Crippen LogP contribution in [0.25, 0.3) is 0 Å². The van der Waals surface area contributed by atoms with Crippen LogP contribution in [-0.2, 0) is 19.6 Å². The molecule has 5 nitrogen and oxygen atoms in total. The fourth-order valence-corrected chi connectivity index (χ4v) is 2.23. The number of aromatic nitrogens is 4. The summed E-state index contributed by atoms with van der Waals surface area (Å²) in [6.45, 7) is 9.31. The molecular weight excluding hydrogens is 262 g/mol. The molecule has 2 aromatic heterocycles. The van der Waals surface area contributed by atoms with E-state index in [1.807, 2.05) is 35.6 Å². The van der Waals surface area contributed by atoms with Crippen molar-refractivity contribution >= 4 is 11.6 Å². The zero-order chi connectivity index (χ0) is 13.8. The van der Waals surface area contributed by atoms with Gasteiger partial charge in [0.25, 0.3) is 0 Å². The van der Waals surface area contributed by atoms with Crippen LogP contribution in [0.1, 0.15) is 23.9 Å². The van der Waals surface area contributed by atoms with Crippen LogP contribution >= 0.6 is 11.6 Å². The molecule has 0 bridgehead atoms. The second-order valence-corrected chi connectivity index (χ2v) is 5.00. The Kier molecular flexibility index (Phi) is 4.61. The van der Waals surface area contributed by atoms with Crippen molar-refractivity contribution in [3.8, 4) is 0 Å². The van der Waals surface area contributed by atoms with E-state index in [9.17, 15) is 0 Å². The maximum absolute atomic E-state index is 6.25. The Balaban J connectivity index is 1.85. The molecule has 0 amide bonds. The minimum absolute atomic E-state index is 0.730. The van der Waals surface area contributed by atoms with Crippen LogP contribution in [0.5, 0.6) is 0 Å². The molecule has 0 saturated heterocycles. The third-order valence-electron chi connectivity index (χ3n) is 3.03. The summed E-state index contributed by atoms with van der Waals surface area (Å²) < 4.78 is 3.88. The molecule has 6 heteroatoms. The van der Waals surface area contributed by atoms with Crippen LogP contribution in [0.3, 0.4) is 0 Å². The number of nitrogens with one attached hydrogen (secondary N) is 1. The molecular formula is C13H20ClN5. The molecule has 0 unspecified atom stereocenters. The van der Waals surface area contributed by atoms with Crippen LogP contribution in [0.2, 0.25) is 5.02 Å². The van der Waals surface area contributed by atoms with Crippen LogP contribution in [0.4, 0.5) is 0 Å². The molecule has 0 aliphatic heterocycles. The lowest BCUT2D eigenvalue weighted by molar-refractivity contribution is 0.531. The van der Waals surface area contributed by atoms with Gasteiger partial charge in [-0.1, -0.05) is 11.6 Å². The smallest absolute Gasteiger partial charge is 0.0860 e. The largest absolute Gasteiger partial charge is 0.309 e. The molecule has 2 aromatic rings. The molecule has 0 spiro atoms. The Labute approximate surface area is 118 Å². The van der Waals surface area contributed by atoms with Gasteiger partial charge in [-0.25, -0.2) is 0 Å². The third-order valence-corrected chi connectivity index (χ3v) is 3.52. The van der Waals surface area contributed by atoms with Gasteiger partial charge in [0.15, 0.2) is 0 Å². The first-order valence-corrected chi connectivity index (χ1v) is 6.91. The van der Waals surface area contributed by atoms with Gasteiger partial charge >= 0.3 is 0 Å². The van der Waals surface area contributed by atoms with Gasteiger partial charge in [-0.05, 0) is 26.3 Å². The van der Waals surface area contributed by atoms with E-state index in [0.29, 0.717) is 0 Å². The molecule has 2 heterocycles. The van der Waals surface area contributed by atoms with E-state index in [0.717, 1.165) is 42.6 Å². The van der Waals surface area contributed by atoms with E-state index >= 15 is 0 Å². The molecule has 0 fully saturated rings. The maximum Gasteiger partial charge on any atom is 0.0860 e. The van der Waals surface area contributed by atoms with E-state index in [1.165, 1.54) is 5.56 Å². The van der Waals surface area contributed by atoms with E-state index in [2.05, 4.69) is 22.4 Å². The van der Waals surface area contributed by atoms with Crippen LogP contribution in [0, 0.1) is 13.8 Å². The van der Waals surface area contributed by atoms with Crippen molar-refractivity contribution in [2.45, 2.75) is 40.4 Å². The maximum atomic E-state index is 6.25. The topological polar surface area (TPSA) is 47.7 Å². The van der Waals surface area contributed by atoms with Crippen molar-refractivity contribution < 1.29 is 0 Å². The molecule has 0 saturated carbocycles. The van der Waals surface area contributed by atoms with E-state index in [1.54, 1.807) is 0 Å². The summed E-state index contributed by atoms with van der Waals surface area (Å²) in [5.74, 6) is 0. The monoisotopic (exact) mass is 281 g/mol. The number of hydrogen-bond donors (Lipinski definition) is 1. The van der Waals surface area contributed by atoms with Crippen LogP contribution in [0.15, 0.2) is 12.4 Å². The summed E-state index contributed by atoms with van der Waals surface area (Å²) in [7, 11) is 0. The fraction of sp³-hybridized carbons (Fsp3) is 0.538. The lowest BCUT2D eigenvalue weighted by Crippen LogP contribution is -2.21. The molecule has 1 N–H and O–H groups in total. The molecule has 0 aliphatic carbocycles. The summed E-state index contributed by atoms with van der Waals surface area (Å²) >= 11 is 6.25. The molecule has 2 rings (SSSR count). The highest BCUT2D eigenvalue weighted by molar-refractivity contribution is 6.31. The van der Waals surface area contributed by atoms with Gasteiger partial charge < -0.3 is 5.32 Å². The summed E-state index contributed by atoms with van der Waals surface area (Å²) in [5, 5.41) is 12.8. The van der Waals surface area contributed by atoms with Gasteiger partial charge in [-0.3, -0.25) is 9.36 Å². The Morgan fingerprint density at radius 3 is 2.79 bits per heavy atom. The highest BCUT2D eigenvalue weighted by Gasteiger charge is 2.11. The molecule has 104 valence electrons. The van der Waals surface area contributed by atoms with Gasteiger partial charge in [-0.2, -0.15) is 10.2 Å². The van der Waals surface area contributed by atoms with Gasteiger partial charge in [-0.15, -0.1) is 0 Å². The summed E-state index contributed by atoms with van der Waals surface area (Å²) in [6, 6.07) is 0. The second-order valence-electron chi connectivity index (χ2n) is 4.62. The minimum atomic E-state index is 0.730. The molecule has 0 atom stereocenters. The zero-order valence-corrected chi connectivity index (χ0v) is 12.4. The highest BCUT2D eigenvalue weighted by atomic mass is 35.5. The predicted octanol–water partition coefficient (Wildman–Crippen LogP) is 2.16. The average molecular weight is 282 g/mol. The number of rotatable bonds is 6. The normalized spacial score (nSPS) is 11.2.